The Balaban J connectivity index is 1.74. The Morgan fingerprint density at radius 2 is 1.90 bits per heavy atom. The van der Waals surface area contributed by atoms with Gasteiger partial charge in [0.25, 0.3) is 0 Å². The molecule has 1 N–H and O–H groups in total. The fourth-order valence-electron chi connectivity index (χ4n) is 2.74. The van der Waals surface area contributed by atoms with Crippen LogP contribution in [0.3, 0.4) is 0 Å². The molecule has 3 nitrogen and oxygen atoms in total. The number of piperidine rings is 1. The van der Waals surface area contributed by atoms with Gasteiger partial charge in [-0.3, -0.25) is 4.90 Å². The summed E-state index contributed by atoms with van der Waals surface area (Å²) in [5.41, 5.74) is 1.05. The largest absolute Gasteiger partial charge is 0.383 e. The van der Waals surface area contributed by atoms with E-state index in [4.69, 9.17) is 27.9 Å². The van der Waals surface area contributed by atoms with Gasteiger partial charge in [-0.2, -0.15) is 0 Å². The topological polar surface area (TPSA) is 24.5 Å². The van der Waals surface area contributed by atoms with Crippen molar-refractivity contribution in [2.75, 3.05) is 39.9 Å². The standard InChI is InChI=1S/C16H24Cl2N2O/c1-21-10-7-19-11-13-5-8-20(9-6-13)12-14-15(17)3-2-4-16(14)18/h2-4,13,19H,5-12H2,1H3. The van der Waals surface area contributed by atoms with Crippen molar-refractivity contribution in [3.05, 3.63) is 33.8 Å². The SMILES string of the molecule is COCCNCC1CCN(Cc2c(Cl)cccc2Cl)CC1. The Kier molecular flexibility index (Phi) is 7.27. The Hall–Kier alpha value is -0.320. The third-order valence-electron chi connectivity index (χ3n) is 4.07. The zero-order valence-electron chi connectivity index (χ0n) is 12.6. The van der Waals surface area contributed by atoms with E-state index in [2.05, 4.69) is 10.2 Å². The molecule has 0 spiro atoms. The molecular formula is C16H24Cl2N2O. The van der Waals surface area contributed by atoms with Crippen LogP contribution in [0.1, 0.15) is 18.4 Å². The van der Waals surface area contributed by atoms with Crippen LogP contribution in [0.2, 0.25) is 10.0 Å². The number of nitrogens with zero attached hydrogens (tertiary/aromatic N) is 1. The van der Waals surface area contributed by atoms with E-state index >= 15 is 0 Å². The highest BCUT2D eigenvalue weighted by Crippen LogP contribution is 2.27. The molecule has 0 saturated carbocycles. The lowest BCUT2D eigenvalue weighted by Gasteiger charge is -2.32. The lowest BCUT2D eigenvalue weighted by atomic mass is 9.96. The van der Waals surface area contributed by atoms with E-state index in [1.807, 2.05) is 18.2 Å². The van der Waals surface area contributed by atoms with E-state index < -0.39 is 0 Å². The molecule has 1 saturated heterocycles. The first-order valence-electron chi connectivity index (χ1n) is 7.55. The highest BCUT2D eigenvalue weighted by Gasteiger charge is 2.20. The van der Waals surface area contributed by atoms with E-state index in [0.717, 1.165) is 60.9 Å². The van der Waals surface area contributed by atoms with Crippen molar-refractivity contribution in [3.63, 3.8) is 0 Å². The molecule has 1 fully saturated rings. The van der Waals surface area contributed by atoms with Crippen molar-refractivity contribution in [1.29, 1.82) is 0 Å². The third kappa shape index (κ3) is 5.42. The molecule has 5 heteroatoms. The van der Waals surface area contributed by atoms with Gasteiger partial charge in [0.2, 0.25) is 0 Å². The van der Waals surface area contributed by atoms with Gasteiger partial charge in [0.05, 0.1) is 6.61 Å². The smallest absolute Gasteiger partial charge is 0.0587 e. The minimum atomic E-state index is 0.764. The number of rotatable bonds is 7. The van der Waals surface area contributed by atoms with Crippen LogP contribution in [0.4, 0.5) is 0 Å². The van der Waals surface area contributed by atoms with Crippen LogP contribution in [0, 0.1) is 5.92 Å². The van der Waals surface area contributed by atoms with Gasteiger partial charge in [-0.05, 0) is 50.5 Å². The first kappa shape index (κ1) is 17.0. The van der Waals surface area contributed by atoms with Crippen molar-refractivity contribution in [3.8, 4) is 0 Å². The number of benzene rings is 1. The molecule has 118 valence electrons. The van der Waals surface area contributed by atoms with E-state index in [1.165, 1.54) is 12.8 Å². The monoisotopic (exact) mass is 330 g/mol. The summed E-state index contributed by atoms with van der Waals surface area (Å²) in [4.78, 5) is 2.44. The van der Waals surface area contributed by atoms with Crippen molar-refractivity contribution < 1.29 is 4.74 Å². The number of hydrogen-bond donors (Lipinski definition) is 1. The van der Waals surface area contributed by atoms with E-state index in [1.54, 1.807) is 7.11 Å². The molecule has 0 unspecified atom stereocenters. The molecule has 1 aliphatic rings. The van der Waals surface area contributed by atoms with Gasteiger partial charge in [0.1, 0.15) is 0 Å². The molecule has 21 heavy (non-hydrogen) atoms. The molecule has 0 bridgehead atoms. The summed E-state index contributed by atoms with van der Waals surface area (Å²) in [5.74, 6) is 0.764. The molecule has 1 heterocycles. The molecule has 1 aromatic carbocycles. The summed E-state index contributed by atoms with van der Waals surface area (Å²) in [6, 6.07) is 5.72. The predicted molar refractivity (Wildman–Crippen MR) is 89.2 cm³/mol. The summed E-state index contributed by atoms with van der Waals surface area (Å²) in [6.45, 7) is 5.87. The van der Waals surface area contributed by atoms with Crippen molar-refractivity contribution in [1.82, 2.24) is 10.2 Å². The molecule has 0 radical (unpaired) electrons. The van der Waals surface area contributed by atoms with Crippen LogP contribution >= 0.6 is 23.2 Å². The first-order chi connectivity index (χ1) is 10.2. The number of methoxy groups -OCH3 is 1. The average Bonchev–Trinajstić information content (AvgIpc) is 2.49. The molecule has 0 aliphatic carbocycles. The average molecular weight is 331 g/mol. The molecule has 0 aromatic heterocycles. The number of hydrogen-bond acceptors (Lipinski definition) is 3. The number of likely N-dealkylation sites (tertiary alicyclic amines) is 1. The zero-order chi connectivity index (χ0) is 15.1. The van der Waals surface area contributed by atoms with Crippen LogP contribution < -0.4 is 5.32 Å². The molecule has 1 aromatic rings. The second kappa shape index (κ2) is 8.96. The minimum Gasteiger partial charge on any atom is -0.383 e. The maximum atomic E-state index is 6.24. The lowest BCUT2D eigenvalue weighted by molar-refractivity contribution is 0.168. The number of halogens is 2. The second-order valence-electron chi connectivity index (χ2n) is 5.62. The van der Waals surface area contributed by atoms with Gasteiger partial charge in [0.15, 0.2) is 0 Å². The van der Waals surface area contributed by atoms with E-state index in [-0.39, 0.29) is 0 Å². The summed E-state index contributed by atoms with van der Waals surface area (Å²) >= 11 is 12.5. The number of ether oxygens (including phenoxy) is 1. The maximum absolute atomic E-state index is 6.24. The van der Waals surface area contributed by atoms with Crippen molar-refractivity contribution in [2.45, 2.75) is 19.4 Å². The predicted octanol–water partition coefficient (Wildman–Crippen LogP) is 3.44. The van der Waals surface area contributed by atoms with Crippen molar-refractivity contribution in [2.24, 2.45) is 5.92 Å². The maximum Gasteiger partial charge on any atom is 0.0587 e. The Morgan fingerprint density at radius 3 is 2.52 bits per heavy atom. The van der Waals surface area contributed by atoms with Crippen LogP contribution in [0.25, 0.3) is 0 Å². The van der Waals surface area contributed by atoms with Crippen molar-refractivity contribution >= 4 is 23.2 Å². The van der Waals surface area contributed by atoms with Gasteiger partial charge in [-0.25, -0.2) is 0 Å². The number of nitrogens with one attached hydrogen (secondary N) is 1. The Labute approximate surface area is 137 Å². The third-order valence-corrected chi connectivity index (χ3v) is 4.77. The fourth-order valence-corrected chi connectivity index (χ4v) is 3.25. The van der Waals surface area contributed by atoms with Gasteiger partial charge in [-0.1, -0.05) is 29.3 Å². The minimum absolute atomic E-state index is 0.764. The van der Waals surface area contributed by atoms with Crippen LogP contribution in [0.15, 0.2) is 18.2 Å². The highest BCUT2D eigenvalue weighted by molar-refractivity contribution is 6.35. The lowest BCUT2D eigenvalue weighted by Crippen LogP contribution is -2.37. The van der Waals surface area contributed by atoms with Gasteiger partial charge >= 0.3 is 0 Å². The molecule has 2 rings (SSSR count). The first-order valence-corrected chi connectivity index (χ1v) is 8.31. The molecular weight excluding hydrogens is 307 g/mol. The van der Waals surface area contributed by atoms with Gasteiger partial charge in [-0.15, -0.1) is 0 Å². The Bertz CT molecular complexity index is 414. The molecule has 1 aliphatic heterocycles. The quantitative estimate of drug-likeness (QED) is 0.775. The van der Waals surface area contributed by atoms with Crippen LogP contribution in [-0.4, -0.2) is 44.8 Å². The summed E-state index contributed by atoms with van der Waals surface area (Å²) < 4.78 is 5.04. The summed E-state index contributed by atoms with van der Waals surface area (Å²) in [5, 5.41) is 4.99. The highest BCUT2D eigenvalue weighted by atomic mass is 35.5. The van der Waals surface area contributed by atoms with Crippen LogP contribution in [-0.2, 0) is 11.3 Å². The Morgan fingerprint density at radius 1 is 1.24 bits per heavy atom. The van der Waals surface area contributed by atoms with E-state index in [0.29, 0.717) is 0 Å². The zero-order valence-corrected chi connectivity index (χ0v) is 14.1. The summed E-state index contributed by atoms with van der Waals surface area (Å²) in [7, 11) is 1.74. The van der Waals surface area contributed by atoms with Gasteiger partial charge in [0, 0.05) is 35.8 Å². The molecule has 0 atom stereocenters. The second-order valence-corrected chi connectivity index (χ2v) is 6.43. The van der Waals surface area contributed by atoms with Crippen LogP contribution in [0.5, 0.6) is 0 Å². The van der Waals surface area contributed by atoms with E-state index in [9.17, 15) is 0 Å². The van der Waals surface area contributed by atoms with Gasteiger partial charge < -0.3 is 10.1 Å². The fraction of sp³-hybridized carbons (Fsp3) is 0.625. The summed E-state index contributed by atoms with van der Waals surface area (Å²) in [6.07, 6.45) is 2.45. The molecule has 0 amide bonds. The normalized spacial score (nSPS) is 17.3.